The third-order valence-electron chi connectivity index (χ3n) is 2.94. The van der Waals surface area contributed by atoms with E-state index in [1.807, 2.05) is 7.05 Å². The molecule has 19 heavy (non-hydrogen) atoms. The molecular formula is C13H15BrN2O3. The molecular weight excluding hydrogens is 312 g/mol. The first-order valence-corrected chi connectivity index (χ1v) is 6.44. The summed E-state index contributed by atoms with van der Waals surface area (Å²) in [5.74, 6) is 1.20. The van der Waals surface area contributed by atoms with Crippen LogP contribution in [-0.2, 0) is 7.05 Å². The van der Waals surface area contributed by atoms with Gasteiger partial charge in [0, 0.05) is 12.6 Å². The van der Waals surface area contributed by atoms with E-state index in [1.54, 1.807) is 43.4 Å². The maximum atomic E-state index is 10.5. The molecule has 5 nitrogen and oxygen atoms in total. The Morgan fingerprint density at radius 1 is 1.32 bits per heavy atom. The molecule has 0 amide bonds. The smallest absolute Gasteiger partial charge is 0.143 e. The molecule has 6 heteroatoms. The molecule has 1 heterocycles. The van der Waals surface area contributed by atoms with Gasteiger partial charge in [0.2, 0.25) is 0 Å². The Balaban J connectivity index is 2.51. The topological polar surface area (TPSA) is 56.5 Å². The lowest BCUT2D eigenvalue weighted by molar-refractivity contribution is 0.206. The van der Waals surface area contributed by atoms with E-state index in [0.29, 0.717) is 27.2 Å². The quantitative estimate of drug-likeness (QED) is 0.936. The van der Waals surface area contributed by atoms with Gasteiger partial charge in [-0.1, -0.05) is 0 Å². The average Bonchev–Trinajstić information content (AvgIpc) is 2.83. The number of nitrogens with zero attached hydrogens (tertiary/aromatic N) is 2. The van der Waals surface area contributed by atoms with Crippen molar-refractivity contribution in [3.05, 3.63) is 40.4 Å². The molecule has 0 aliphatic rings. The molecule has 0 fully saturated rings. The minimum atomic E-state index is -0.815. The van der Waals surface area contributed by atoms with E-state index in [2.05, 4.69) is 20.9 Å². The van der Waals surface area contributed by atoms with E-state index >= 15 is 0 Å². The first-order valence-electron chi connectivity index (χ1n) is 5.64. The van der Waals surface area contributed by atoms with Gasteiger partial charge in [0.25, 0.3) is 0 Å². The molecule has 0 aliphatic heterocycles. The van der Waals surface area contributed by atoms with E-state index in [-0.39, 0.29) is 0 Å². The van der Waals surface area contributed by atoms with Crippen molar-refractivity contribution in [1.29, 1.82) is 0 Å². The van der Waals surface area contributed by atoms with E-state index in [1.165, 1.54) is 0 Å². The monoisotopic (exact) mass is 326 g/mol. The Kier molecular flexibility index (Phi) is 4.11. The van der Waals surface area contributed by atoms with Crippen LogP contribution in [0.2, 0.25) is 0 Å². The number of benzene rings is 1. The fourth-order valence-electron chi connectivity index (χ4n) is 1.92. The van der Waals surface area contributed by atoms with Crippen LogP contribution in [0.3, 0.4) is 0 Å². The minimum absolute atomic E-state index is 0.549. The Morgan fingerprint density at radius 3 is 2.58 bits per heavy atom. The van der Waals surface area contributed by atoms with Crippen LogP contribution in [0.15, 0.2) is 29.1 Å². The molecule has 0 saturated carbocycles. The third kappa shape index (κ3) is 2.46. The lowest BCUT2D eigenvalue weighted by Gasteiger charge is -2.17. The standard InChI is InChI=1S/C13H15BrN2O3/c1-16-7-15-6-9(16)12(17)8-4-5-10(18-2)11(14)13(8)19-3/h4-7,12,17H,1-3H3. The number of aryl methyl sites for hydroxylation is 1. The summed E-state index contributed by atoms with van der Waals surface area (Å²) in [6.45, 7) is 0. The molecule has 1 N–H and O–H groups in total. The van der Waals surface area contributed by atoms with Gasteiger partial charge in [-0.15, -0.1) is 0 Å². The van der Waals surface area contributed by atoms with E-state index < -0.39 is 6.10 Å². The van der Waals surface area contributed by atoms with Crippen LogP contribution >= 0.6 is 15.9 Å². The van der Waals surface area contributed by atoms with Crippen molar-refractivity contribution in [2.75, 3.05) is 14.2 Å². The predicted molar refractivity (Wildman–Crippen MR) is 74.5 cm³/mol. The van der Waals surface area contributed by atoms with Gasteiger partial charge in [-0.05, 0) is 28.1 Å². The summed E-state index contributed by atoms with van der Waals surface area (Å²) in [6, 6.07) is 3.56. The summed E-state index contributed by atoms with van der Waals surface area (Å²) in [7, 11) is 4.96. The van der Waals surface area contributed by atoms with Gasteiger partial charge in [-0.25, -0.2) is 4.98 Å². The van der Waals surface area contributed by atoms with Crippen molar-refractivity contribution in [1.82, 2.24) is 9.55 Å². The van der Waals surface area contributed by atoms with Gasteiger partial charge in [-0.2, -0.15) is 0 Å². The first-order chi connectivity index (χ1) is 9.10. The Hall–Kier alpha value is -1.53. The highest BCUT2D eigenvalue weighted by atomic mass is 79.9. The number of methoxy groups -OCH3 is 2. The number of aromatic nitrogens is 2. The molecule has 0 spiro atoms. The number of hydrogen-bond donors (Lipinski definition) is 1. The second kappa shape index (κ2) is 5.63. The van der Waals surface area contributed by atoms with Crippen molar-refractivity contribution in [3.63, 3.8) is 0 Å². The van der Waals surface area contributed by atoms with E-state index in [9.17, 15) is 5.11 Å². The van der Waals surface area contributed by atoms with Crippen molar-refractivity contribution in [2.45, 2.75) is 6.10 Å². The summed E-state index contributed by atoms with van der Waals surface area (Å²) in [4.78, 5) is 4.01. The van der Waals surface area contributed by atoms with Crippen LogP contribution < -0.4 is 9.47 Å². The highest BCUT2D eigenvalue weighted by Crippen LogP contribution is 2.40. The zero-order valence-electron chi connectivity index (χ0n) is 10.9. The van der Waals surface area contributed by atoms with Gasteiger partial charge in [-0.3, -0.25) is 0 Å². The second-order valence-corrected chi connectivity index (χ2v) is 4.83. The molecule has 2 aromatic rings. The molecule has 2 rings (SSSR count). The second-order valence-electron chi connectivity index (χ2n) is 4.04. The fourth-order valence-corrected chi connectivity index (χ4v) is 2.61. The summed E-state index contributed by atoms with van der Waals surface area (Å²) >= 11 is 3.42. The van der Waals surface area contributed by atoms with E-state index in [0.717, 1.165) is 0 Å². The molecule has 0 bridgehead atoms. The highest BCUT2D eigenvalue weighted by Gasteiger charge is 2.21. The zero-order valence-corrected chi connectivity index (χ0v) is 12.5. The fraction of sp³-hybridized carbons (Fsp3) is 0.308. The largest absolute Gasteiger partial charge is 0.495 e. The number of aliphatic hydroxyl groups excluding tert-OH is 1. The summed E-state index contributed by atoms with van der Waals surface area (Å²) in [5.41, 5.74) is 1.34. The summed E-state index contributed by atoms with van der Waals surface area (Å²) < 4.78 is 13.0. The average molecular weight is 327 g/mol. The first kappa shape index (κ1) is 13.9. The maximum Gasteiger partial charge on any atom is 0.143 e. The van der Waals surface area contributed by atoms with Gasteiger partial charge in [0.1, 0.15) is 22.1 Å². The number of hydrogen-bond acceptors (Lipinski definition) is 4. The molecule has 1 aromatic heterocycles. The van der Waals surface area contributed by atoms with Crippen LogP contribution in [0.4, 0.5) is 0 Å². The number of ether oxygens (including phenoxy) is 2. The lowest BCUT2D eigenvalue weighted by atomic mass is 10.1. The highest BCUT2D eigenvalue weighted by molar-refractivity contribution is 9.10. The predicted octanol–water partition coefficient (Wildman–Crippen LogP) is 2.28. The number of rotatable bonds is 4. The van der Waals surface area contributed by atoms with Crippen molar-refractivity contribution >= 4 is 15.9 Å². The number of halogens is 1. The molecule has 0 aliphatic carbocycles. The molecule has 0 saturated heterocycles. The molecule has 0 radical (unpaired) electrons. The SMILES string of the molecule is COc1ccc(C(O)c2cncn2C)c(OC)c1Br. The molecule has 1 aromatic carbocycles. The van der Waals surface area contributed by atoms with Crippen LogP contribution in [0.1, 0.15) is 17.4 Å². The van der Waals surface area contributed by atoms with Gasteiger partial charge in [0.05, 0.1) is 32.4 Å². The van der Waals surface area contributed by atoms with Gasteiger partial charge >= 0.3 is 0 Å². The van der Waals surface area contributed by atoms with Crippen molar-refractivity contribution < 1.29 is 14.6 Å². The summed E-state index contributed by atoms with van der Waals surface area (Å²) in [6.07, 6.45) is 2.45. The normalized spacial score (nSPS) is 12.3. The lowest BCUT2D eigenvalue weighted by Crippen LogP contribution is -2.07. The Bertz CT molecular complexity index is 583. The van der Waals surface area contributed by atoms with E-state index in [4.69, 9.17) is 9.47 Å². The van der Waals surface area contributed by atoms with Crippen molar-refractivity contribution in [3.8, 4) is 11.5 Å². The molecule has 1 unspecified atom stereocenters. The van der Waals surface area contributed by atoms with Gasteiger partial charge in [0.15, 0.2) is 0 Å². The maximum absolute atomic E-state index is 10.5. The molecule has 1 atom stereocenters. The van der Waals surface area contributed by atoms with Crippen LogP contribution in [0, 0.1) is 0 Å². The van der Waals surface area contributed by atoms with Gasteiger partial charge < -0.3 is 19.1 Å². The number of imidazole rings is 1. The van der Waals surface area contributed by atoms with Crippen LogP contribution in [0.25, 0.3) is 0 Å². The minimum Gasteiger partial charge on any atom is -0.495 e. The Morgan fingerprint density at radius 2 is 2.05 bits per heavy atom. The Labute approximate surface area is 119 Å². The van der Waals surface area contributed by atoms with Crippen LogP contribution in [-0.4, -0.2) is 28.9 Å². The third-order valence-corrected chi connectivity index (χ3v) is 3.70. The van der Waals surface area contributed by atoms with Crippen LogP contribution in [0.5, 0.6) is 11.5 Å². The molecule has 102 valence electrons. The number of aliphatic hydroxyl groups is 1. The van der Waals surface area contributed by atoms with Crippen molar-refractivity contribution in [2.24, 2.45) is 7.05 Å². The summed E-state index contributed by atoms with van der Waals surface area (Å²) in [5, 5.41) is 10.5. The zero-order chi connectivity index (χ0) is 14.0.